The first kappa shape index (κ1) is 50.3. The van der Waals surface area contributed by atoms with Crippen molar-refractivity contribution in [2.45, 2.75) is 143 Å². The molecule has 2 aliphatic rings. The van der Waals surface area contributed by atoms with Gasteiger partial charge < -0.3 is 51.2 Å². The molecule has 0 spiro atoms. The Labute approximate surface area is 401 Å². The molecule has 14 heteroatoms. The number of nitrogens with zero attached hydrogens (tertiary/aromatic N) is 4. The Bertz CT molecular complexity index is 2440. The number of carbonyl (C=O) groups excluding carboxylic acids is 4. The summed E-state index contributed by atoms with van der Waals surface area (Å²) in [7, 11) is 0. The molecule has 3 aromatic carbocycles. The van der Waals surface area contributed by atoms with Crippen LogP contribution in [-0.2, 0) is 45.1 Å². The van der Waals surface area contributed by atoms with Gasteiger partial charge in [0, 0.05) is 60.1 Å². The molecule has 2 fully saturated rings. The lowest BCUT2D eigenvalue weighted by atomic mass is 9.85. The van der Waals surface area contributed by atoms with Crippen molar-refractivity contribution in [1.82, 2.24) is 29.6 Å². The van der Waals surface area contributed by atoms with E-state index in [4.69, 9.17) is 11.5 Å². The summed E-state index contributed by atoms with van der Waals surface area (Å²) in [5, 5.41) is 29.0. The van der Waals surface area contributed by atoms with E-state index < -0.39 is 35.0 Å². The topological polar surface area (TPSA) is 201 Å². The van der Waals surface area contributed by atoms with Gasteiger partial charge in [-0.2, -0.15) is 0 Å². The maximum Gasteiger partial charge on any atom is 0.245 e. The number of rotatable bonds is 16. The van der Waals surface area contributed by atoms with Crippen LogP contribution in [0.3, 0.4) is 0 Å². The summed E-state index contributed by atoms with van der Waals surface area (Å²) in [5.74, 6) is -0.943. The van der Waals surface area contributed by atoms with Crippen molar-refractivity contribution < 1.29 is 29.4 Å². The monoisotopic (exact) mass is 931 g/mol. The molecule has 68 heavy (non-hydrogen) atoms. The van der Waals surface area contributed by atoms with Gasteiger partial charge in [-0.25, -0.2) is 0 Å². The zero-order valence-electron chi connectivity index (χ0n) is 41.3. The molecule has 2 aliphatic heterocycles. The second-order valence-corrected chi connectivity index (χ2v) is 21.3. The smallest absolute Gasteiger partial charge is 0.245 e. The molecule has 4 amide bonds. The van der Waals surface area contributed by atoms with Crippen LogP contribution in [0.4, 0.5) is 0 Å². The molecule has 6 atom stereocenters. The predicted molar refractivity (Wildman–Crippen MR) is 269 cm³/mol. The van der Waals surface area contributed by atoms with Crippen LogP contribution < -0.4 is 22.1 Å². The fourth-order valence-electron chi connectivity index (χ4n) is 10.6. The Morgan fingerprint density at radius 2 is 0.956 bits per heavy atom. The Morgan fingerprint density at radius 1 is 0.603 bits per heavy atom. The maximum atomic E-state index is 14.5. The lowest BCUT2D eigenvalue weighted by Gasteiger charge is -2.36. The molecule has 4 heterocycles. The summed E-state index contributed by atoms with van der Waals surface area (Å²) in [6.07, 6.45) is 4.45. The fourth-order valence-corrected chi connectivity index (χ4v) is 10.6. The molecule has 2 aromatic heterocycles. The second kappa shape index (κ2) is 20.6. The minimum absolute atomic E-state index is 0.0654. The molecule has 2 saturated heterocycles. The Hall–Kier alpha value is -5.54. The summed E-state index contributed by atoms with van der Waals surface area (Å²) in [5.41, 5.74) is 18.8. The van der Waals surface area contributed by atoms with E-state index in [1.165, 1.54) is 0 Å². The van der Waals surface area contributed by atoms with Crippen molar-refractivity contribution in [2.24, 2.45) is 22.3 Å². The highest BCUT2D eigenvalue weighted by atomic mass is 16.3. The largest absolute Gasteiger partial charge is 0.395 e. The van der Waals surface area contributed by atoms with E-state index >= 15 is 0 Å². The molecule has 5 aromatic rings. The van der Waals surface area contributed by atoms with Crippen molar-refractivity contribution >= 4 is 45.4 Å². The van der Waals surface area contributed by atoms with Crippen molar-refractivity contribution in [1.29, 1.82) is 0 Å². The van der Waals surface area contributed by atoms with Gasteiger partial charge in [0.2, 0.25) is 23.6 Å². The number of likely N-dealkylation sites (tertiary alicyclic amines) is 2. The van der Waals surface area contributed by atoms with Gasteiger partial charge >= 0.3 is 0 Å². The minimum Gasteiger partial charge on any atom is -0.395 e. The van der Waals surface area contributed by atoms with Crippen LogP contribution in [0.5, 0.6) is 0 Å². The van der Waals surface area contributed by atoms with Crippen LogP contribution in [-0.4, -0.2) is 115 Å². The predicted octanol–water partition coefficient (Wildman–Crippen LogP) is 5.74. The number of hydrogen-bond donors (Lipinski definition) is 6. The first-order chi connectivity index (χ1) is 32.3. The Morgan fingerprint density at radius 3 is 1.28 bits per heavy atom. The average molecular weight is 931 g/mol. The van der Waals surface area contributed by atoms with E-state index in [-0.39, 0.29) is 48.9 Å². The number of nitrogens with one attached hydrogen (secondary N) is 2. The van der Waals surface area contributed by atoms with Crippen LogP contribution in [0.2, 0.25) is 0 Å². The molecular weight excluding hydrogens is 857 g/mol. The lowest BCUT2D eigenvalue weighted by Crippen LogP contribution is -2.58. The van der Waals surface area contributed by atoms with Gasteiger partial charge in [0.25, 0.3) is 0 Å². The van der Waals surface area contributed by atoms with E-state index in [1.807, 2.05) is 75.6 Å². The molecular formula is C54H74N8O6. The molecule has 0 saturated carbocycles. The second-order valence-electron chi connectivity index (χ2n) is 21.3. The van der Waals surface area contributed by atoms with Crippen molar-refractivity contribution in [3.05, 3.63) is 83.9 Å². The number of nitrogens with two attached hydrogens (primary N) is 2. The molecule has 0 radical (unpaired) electrons. The number of carbonyl (C=O) groups is 4. The summed E-state index contributed by atoms with van der Waals surface area (Å²) in [6.45, 7) is 16.8. The molecule has 0 bridgehead atoms. The summed E-state index contributed by atoms with van der Waals surface area (Å²) >= 11 is 0. The molecule has 366 valence electrons. The minimum atomic E-state index is -0.749. The Balaban J connectivity index is 1.28. The van der Waals surface area contributed by atoms with Gasteiger partial charge in [-0.05, 0) is 97.6 Å². The molecule has 8 N–H and O–H groups in total. The molecule has 7 rings (SSSR count). The van der Waals surface area contributed by atoms with E-state index in [2.05, 4.69) is 68.3 Å². The van der Waals surface area contributed by atoms with Gasteiger partial charge in [-0.3, -0.25) is 19.2 Å². The van der Waals surface area contributed by atoms with Crippen LogP contribution in [0.15, 0.2) is 72.8 Å². The number of aromatic nitrogens is 2. The highest BCUT2D eigenvalue weighted by Gasteiger charge is 2.42. The SMILES string of the molecule is C[C@H](N)C(=O)N[C@@H](C(=O)N1CCC[C@@H]1Cc1c(-c2ccc(-c3c(C[C@H]4CCCN4C(=O)[C@H](NC(=O)[C@H](C)N)C(C)(C)C)c4ccccc4n3CCO)cc2)n(CCO)c2ccccc12)C(C)(C)C. The van der Waals surface area contributed by atoms with Crippen molar-refractivity contribution in [3.8, 4) is 22.5 Å². The van der Waals surface area contributed by atoms with Crippen LogP contribution in [0.1, 0.15) is 92.2 Å². The maximum absolute atomic E-state index is 14.5. The zero-order valence-corrected chi connectivity index (χ0v) is 41.3. The zero-order chi connectivity index (χ0) is 49.2. The van der Waals surface area contributed by atoms with Gasteiger partial charge in [0.1, 0.15) is 12.1 Å². The highest BCUT2D eigenvalue weighted by Crippen LogP contribution is 2.41. The number of hydrogen-bond acceptors (Lipinski definition) is 8. The van der Waals surface area contributed by atoms with E-state index in [0.717, 1.165) is 81.1 Å². The summed E-state index contributed by atoms with van der Waals surface area (Å²) in [6, 6.07) is 21.7. The normalized spacial score (nSPS) is 18.5. The lowest BCUT2D eigenvalue weighted by molar-refractivity contribution is -0.140. The molecule has 14 nitrogen and oxygen atoms in total. The van der Waals surface area contributed by atoms with E-state index in [0.29, 0.717) is 39.0 Å². The third-order valence-electron chi connectivity index (χ3n) is 14.1. The third-order valence-corrected chi connectivity index (χ3v) is 14.1. The van der Waals surface area contributed by atoms with E-state index in [9.17, 15) is 29.4 Å². The van der Waals surface area contributed by atoms with Gasteiger partial charge in [-0.15, -0.1) is 0 Å². The third kappa shape index (κ3) is 10.2. The molecule has 0 unspecified atom stereocenters. The Kier molecular flexibility index (Phi) is 15.2. The fraction of sp³-hybridized carbons (Fsp3) is 0.519. The first-order valence-corrected chi connectivity index (χ1v) is 24.5. The van der Waals surface area contributed by atoms with Gasteiger partial charge in [-0.1, -0.05) is 102 Å². The highest BCUT2D eigenvalue weighted by molar-refractivity contribution is 5.95. The summed E-state index contributed by atoms with van der Waals surface area (Å²) in [4.78, 5) is 58.6. The quantitative estimate of drug-likeness (QED) is 0.0720. The van der Waals surface area contributed by atoms with Crippen LogP contribution in [0.25, 0.3) is 44.3 Å². The van der Waals surface area contributed by atoms with E-state index in [1.54, 1.807) is 13.8 Å². The van der Waals surface area contributed by atoms with Crippen molar-refractivity contribution in [2.75, 3.05) is 26.3 Å². The number of benzene rings is 3. The number of amides is 4. The van der Waals surface area contributed by atoms with Crippen LogP contribution >= 0.6 is 0 Å². The van der Waals surface area contributed by atoms with Gasteiger partial charge in [0.15, 0.2) is 0 Å². The number of aliphatic hydroxyl groups is 2. The first-order valence-electron chi connectivity index (χ1n) is 24.5. The average Bonchev–Trinajstić information content (AvgIpc) is 4.09. The summed E-state index contributed by atoms with van der Waals surface area (Å²) < 4.78 is 4.37. The van der Waals surface area contributed by atoms with Crippen molar-refractivity contribution in [3.63, 3.8) is 0 Å². The number of para-hydroxylation sites is 2. The number of aliphatic hydroxyl groups excluding tert-OH is 2. The van der Waals surface area contributed by atoms with Gasteiger partial charge in [0.05, 0.1) is 36.7 Å². The number of fused-ring (bicyclic) bond motifs is 2. The van der Waals surface area contributed by atoms with Crippen LogP contribution in [0, 0.1) is 10.8 Å². The standard InChI is InChI=1S/C54H74N8O6/c1-33(55)49(65)57-47(53(3,4)5)51(67)59-25-13-15-37(59)31-41-39-17-9-11-19-43(39)61(27-29-63)45(41)35-21-23-36(24-22-35)46-42(40-18-10-12-20-44(40)62(46)28-30-64)32-38-16-14-26-60(38)52(68)48(54(6,7)8)58-50(66)34(2)56/h9-12,17-24,33-34,37-38,47-48,63-64H,13-16,25-32,55-56H2,1-8H3,(H,57,65)(H,58,66)/t33-,34-,37+,38+,47-,48-/m0/s1. The molecule has 0 aliphatic carbocycles.